The molecule has 1 aliphatic rings. The van der Waals surface area contributed by atoms with E-state index < -0.39 is 0 Å². The summed E-state index contributed by atoms with van der Waals surface area (Å²) in [6, 6.07) is 0. The minimum atomic E-state index is 0.0103. The van der Waals surface area contributed by atoms with Crippen molar-refractivity contribution in [2.24, 2.45) is 0 Å². The lowest BCUT2D eigenvalue weighted by atomic mass is 10.2. The van der Waals surface area contributed by atoms with Crippen molar-refractivity contribution in [3.63, 3.8) is 0 Å². The molecule has 0 aliphatic carbocycles. The van der Waals surface area contributed by atoms with Crippen LogP contribution < -0.4 is 5.56 Å². The van der Waals surface area contributed by atoms with Crippen LogP contribution in [0.15, 0.2) is 4.79 Å². The molecule has 6 heteroatoms. The summed E-state index contributed by atoms with van der Waals surface area (Å²) in [7, 11) is 0. The van der Waals surface area contributed by atoms with Gasteiger partial charge in [-0.2, -0.15) is 0 Å². The van der Waals surface area contributed by atoms with Crippen LogP contribution in [0.25, 0.3) is 10.2 Å². The molecule has 1 N–H and O–H groups in total. The van der Waals surface area contributed by atoms with Gasteiger partial charge in [0.25, 0.3) is 5.56 Å². The molecule has 1 aliphatic heterocycles. The first-order chi connectivity index (χ1) is 9.08. The molecule has 0 radical (unpaired) electrons. The van der Waals surface area contributed by atoms with Crippen molar-refractivity contribution in [3.8, 4) is 0 Å². The summed E-state index contributed by atoms with van der Waals surface area (Å²) in [5, 5.41) is 0.772. The predicted octanol–water partition coefficient (Wildman–Crippen LogP) is 2.92. The van der Waals surface area contributed by atoms with Crippen LogP contribution in [0.1, 0.15) is 23.3 Å². The van der Waals surface area contributed by atoms with Crippen molar-refractivity contribution in [1.82, 2.24) is 9.55 Å². The van der Waals surface area contributed by atoms with Crippen molar-refractivity contribution in [2.45, 2.75) is 39.3 Å². The van der Waals surface area contributed by atoms with Crippen molar-refractivity contribution in [1.29, 1.82) is 0 Å². The molecule has 0 saturated carbocycles. The molecule has 2 aromatic heterocycles. The smallest absolute Gasteiger partial charge is 0.263 e. The minimum absolute atomic E-state index is 0.0103. The van der Waals surface area contributed by atoms with Gasteiger partial charge in [-0.3, -0.25) is 9.36 Å². The maximum atomic E-state index is 12.6. The van der Waals surface area contributed by atoms with Crippen molar-refractivity contribution < 1.29 is 4.74 Å². The monoisotopic (exact) mass is 296 g/mol. The molecule has 4 nitrogen and oxygen atoms in total. The topological polar surface area (TPSA) is 47.0 Å². The molecule has 3 heterocycles. The highest BCUT2D eigenvalue weighted by Gasteiger charge is 2.19. The molecule has 0 aromatic carbocycles. The van der Waals surface area contributed by atoms with Crippen LogP contribution in [0.5, 0.6) is 0 Å². The van der Waals surface area contributed by atoms with E-state index in [0.717, 1.165) is 40.1 Å². The fourth-order valence-corrected chi connectivity index (χ4v) is 3.90. The van der Waals surface area contributed by atoms with E-state index in [1.807, 2.05) is 13.8 Å². The first-order valence-electron chi connectivity index (χ1n) is 6.42. The summed E-state index contributed by atoms with van der Waals surface area (Å²) in [6.45, 7) is 5.36. The molecule has 0 spiro atoms. The van der Waals surface area contributed by atoms with Gasteiger partial charge in [0.15, 0.2) is 4.77 Å². The van der Waals surface area contributed by atoms with Gasteiger partial charge in [-0.05, 0) is 44.5 Å². The summed E-state index contributed by atoms with van der Waals surface area (Å²) in [5.74, 6) is 0. The largest absolute Gasteiger partial charge is 0.376 e. The molecule has 1 fully saturated rings. The summed E-state index contributed by atoms with van der Waals surface area (Å²) in [6.07, 6.45) is 2.18. The number of hydrogen-bond acceptors (Lipinski definition) is 4. The number of fused-ring (bicyclic) bond motifs is 1. The van der Waals surface area contributed by atoms with Crippen molar-refractivity contribution in [3.05, 3.63) is 25.6 Å². The zero-order chi connectivity index (χ0) is 13.6. The molecule has 1 saturated heterocycles. The zero-order valence-electron chi connectivity index (χ0n) is 11.0. The summed E-state index contributed by atoms with van der Waals surface area (Å²) < 4.78 is 7.74. The van der Waals surface area contributed by atoms with E-state index >= 15 is 0 Å². The molecule has 1 atom stereocenters. The van der Waals surface area contributed by atoms with Crippen LogP contribution in [0.4, 0.5) is 0 Å². The Bertz CT molecular complexity index is 735. The first kappa shape index (κ1) is 13.0. The van der Waals surface area contributed by atoms with E-state index in [1.54, 1.807) is 15.9 Å². The standard InChI is InChI=1S/C13H16N2O2S2/c1-7-8(2)19-11-10(7)12(16)15(13(18)14-11)6-9-4-3-5-17-9/h9H,3-6H2,1-2H3,(H,14,18)/t9-/m1/s1. The molecule has 19 heavy (non-hydrogen) atoms. The average molecular weight is 296 g/mol. The molecule has 0 amide bonds. The lowest BCUT2D eigenvalue weighted by molar-refractivity contribution is 0.0957. The van der Waals surface area contributed by atoms with Crippen LogP contribution in [0, 0.1) is 18.6 Å². The Balaban J connectivity index is 2.16. The highest BCUT2D eigenvalue weighted by Crippen LogP contribution is 2.26. The number of aryl methyl sites for hydroxylation is 2. The predicted molar refractivity (Wildman–Crippen MR) is 79.7 cm³/mol. The molecule has 0 bridgehead atoms. The third-order valence-electron chi connectivity index (χ3n) is 3.72. The summed E-state index contributed by atoms with van der Waals surface area (Å²) in [4.78, 5) is 17.8. The third-order valence-corrected chi connectivity index (χ3v) is 5.17. The highest BCUT2D eigenvalue weighted by atomic mass is 32.1. The Morgan fingerprint density at radius 2 is 2.32 bits per heavy atom. The van der Waals surface area contributed by atoms with Crippen LogP contribution >= 0.6 is 23.6 Å². The lowest BCUT2D eigenvalue weighted by Gasteiger charge is -2.12. The number of nitrogens with zero attached hydrogens (tertiary/aromatic N) is 1. The van der Waals surface area contributed by atoms with Crippen LogP contribution in [0.3, 0.4) is 0 Å². The minimum Gasteiger partial charge on any atom is -0.376 e. The van der Waals surface area contributed by atoms with Gasteiger partial charge in [0.2, 0.25) is 0 Å². The number of nitrogens with one attached hydrogen (secondary N) is 1. The Hall–Kier alpha value is -0.980. The van der Waals surface area contributed by atoms with E-state index in [2.05, 4.69) is 4.98 Å². The number of aromatic nitrogens is 2. The Kier molecular flexibility index (Phi) is 3.32. The average Bonchev–Trinajstić information content (AvgIpc) is 2.95. The van der Waals surface area contributed by atoms with Crippen LogP contribution in [-0.2, 0) is 11.3 Å². The van der Waals surface area contributed by atoms with Gasteiger partial charge in [0.05, 0.1) is 18.0 Å². The van der Waals surface area contributed by atoms with Gasteiger partial charge in [-0.15, -0.1) is 11.3 Å². The number of H-pyrrole nitrogens is 1. The summed E-state index contributed by atoms with van der Waals surface area (Å²) in [5.41, 5.74) is 1.06. The number of ether oxygens (including phenoxy) is 1. The normalized spacial score (nSPS) is 19.4. The Morgan fingerprint density at radius 3 is 3.00 bits per heavy atom. The van der Waals surface area contributed by atoms with Crippen molar-refractivity contribution >= 4 is 33.8 Å². The highest BCUT2D eigenvalue weighted by molar-refractivity contribution is 7.71. The number of hydrogen-bond donors (Lipinski definition) is 1. The molecule has 3 rings (SSSR count). The molecular weight excluding hydrogens is 280 g/mol. The maximum Gasteiger partial charge on any atom is 0.263 e. The second-order valence-electron chi connectivity index (χ2n) is 4.97. The van der Waals surface area contributed by atoms with E-state index in [-0.39, 0.29) is 11.7 Å². The number of thiophene rings is 1. The Labute approximate surface area is 120 Å². The fraction of sp³-hybridized carbons (Fsp3) is 0.538. The molecule has 0 unspecified atom stereocenters. The van der Waals surface area contributed by atoms with E-state index in [1.165, 1.54) is 0 Å². The molecule has 102 valence electrons. The van der Waals surface area contributed by atoms with Gasteiger partial charge in [-0.25, -0.2) is 0 Å². The second kappa shape index (κ2) is 4.85. The van der Waals surface area contributed by atoms with E-state index in [4.69, 9.17) is 17.0 Å². The lowest BCUT2D eigenvalue weighted by Crippen LogP contribution is -2.27. The zero-order valence-corrected chi connectivity index (χ0v) is 12.6. The van der Waals surface area contributed by atoms with Crippen molar-refractivity contribution in [2.75, 3.05) is 6.61 Å². The third kappa shape index (κ3) is 2.17. The Morgan fingerprint density at radius 1 is 1.53 bits per heavy atom. The summed E-state index contributed by atoms with van der Waals surface area (Å²) >= 11 is 6.90. The quantitative estimate of drug-likeness (QED) is 0.867. The van der Waals surface area contributed by atoms with E-state index in [9.17, 15) is 4.79 Å². The molecule has 2 aromatic rings. The number of aromatic amines is 1. The second-order valence-corrected chi connectivity index (χ2v) is 6.58. The fourth-order valence-electron chi connectivity index (χ4n) is 2.52. The van der Waals surface area contributed by atoms with Gasteiger partial charge in [0, 0.05) is 11.5 Å². The van der Waals surface area contributed by atoms with Gasteiger partial charge in [-0.1, -0.05) is 0 Å². The van der Waals surface area contributed by atoms with Gasteiger partial charge in [0.1, 0.15) is 4.83 Å². The maximum absolute atomic E-state index is 12.6. The number of rotatable bonds is 2. The van der Waals surface area contributed by atoms with Crippen LogP contribution in [0.2, 0.25) is 0 Å². The van der Waals surface area contributed by atoms with E-state index in [0.29, 0.717) is 11.3 Å². The SMILES string of the molecule is Cc1sc2[nH]c(=S)n(C[C@H]3CCCO3)c(=O)c2c1C. The van der Waals surface area contributed by atoms with Crippen LogP contribution in [-0.4, -0.2) is 22.3 Å². The van der Waals surface area contributed by atoms with Gasteiger partial charge >= 0.3 is 0 Å². The van der Waals surface area contributed by atoms with Gasteiger partial charge < -0.3 is 9.72 Å². The molecular formula is C13H16N2O2S2. The first-order valence-corrected chi connectivity index (χ1v) is 7.65.